The van der Waals surface area contributed by atoms with Crippen molar-refractivity contribution in [3.8, 4) is 11.5 Å². The van der Waals surface area contributed by atoms with Gasteiger partial charge in [-0.05, 0) is 44.0 Å². The fourth-order valence-electron chi connectivity index (χ4n) is 3.98. The first-order valence-electron chi connectivity index (χ1n) is 11.1. The first-order valence-corrected chi connectivity index (χ1v) is 11.1. The number of nitrogens with zero attached hydrogens (tertiary/aromatic N) is 2. The standard InChI is InChI=1S/C23H36N2O3/c1-24-14-16-25(17-15-24)23(26)11-9-7-5-3-2-4-6-8-10-20-12-13-21-22(18-20)28-19-27-21/h12-13,18H,2-11,14-17,19H2,1H3. The molecule has 0 saturated carbocycles. The molecule has 0 radical (unpaired) electrons. The summed E-state index contributed by atoms with van der Waals surface area (Å²) in [6.45, 7) is 4.19. The second-order valence-corrected chi connectivity index (χ2v) is 8.20. The monoisotopic (exact) mass is 388 g/mol. The van der Waals surface area contributed by atoms with E-state index in [-0.39, 0.29) is 0 Å². The van der Waals surface area contributed by atoms with Gasteiger partial charge in [-0.15, -0.1) is 0 Å². The Morgan fingerprint density at radius 2 is 1.50 bits per heavy atom. The molecular weight excluding hydrogens is 352 g/mol. The zero-order chi connectivity index (χ0) is 19.6. The van der Waals surface area contributed by atoms with E-state index in [1.165, 1.54) is 50.5 Å². The second kappa shape index (κ2) is 11.3. The molecule has 0 aromatic heterocycles. The molecule has 0 spiro atoms. The Hall–Kier alpha value is -1.75. The van der Waals surface area contributed by atoms with Gasteiger partial charge in [0.25, 0.3) is 0 Å². The molecule has 1 aromatic rings. The number of carbonyl (C=O) groups is 1. The van der Waals surface area contributed by atoms with Gasteiger partial charge in [-0.3, -0.25) is 4.79 Å². The van der Waals surface area contributed by atoms with Gasteiger partial charge in [0.05, 0.1) is 0 Å². The summed E-state index contributed by atoms with van der Waals surface area (Å²) in [5, 5.41) is 0. The number of ether oxygens (including phenoxy) is 2. The molecule has 1 aromatic carbocycles. The summed E-state index contributed by atoms with van der Waals surface area (Å²) in [5.74, 6) is 2.12. The van der Waals surface area contributed by atoms with Crippen LogP contribution in [0.4, 0.5) is 0 Å². The summed E-state index contributed by atoms with van der Waals surface area (Å²) in [6, 6.07) is 6.29. The minimum atomic E-state index is 0.350. The van der Waals surface area contributed by atoms with Crippen LogP contribution in [0.1, 0.15) is 63.4 Å². The highest BCUT2D eigenvalue weighted by atomic mass is 16.7. The van der Waals surface area contributed by atoms with Crippen molar-refractivity contribution in [1.82, 2.24) is 9.80 Å². The van der Waals surface area contributed by atoms with Crippen LogP contribution < -0.4 is 9.47 Å². The van der Waals surface area contributed by atoms with E-state index in [4.69, 9.17) is 9.47 Å². The molecule has 2 heterocycles. The number of carbonyl (C=O) groups excluding carboxylic acids is 1. The van der Waals surface area contributed by atoms with Gasteiger partial charge in [0.2, 0.25) is 12.7 Å². The van der Waals surface area contributed by atoms with Crippen molar-refractivity contribution in [2.24, 2.45) is 0 Å². The van der Waals surface area contributed by atoms with Gasteiger partial charge in [0.15, 0.2) is 11.5 Å². The average molecular weight is 389 g/mol. The molecule has 0 aliphatic carbocycles. The van der Waals surface area contributed by atoms with Gasteiger partial charge >= 0.3 is 0 Å². The summed E-state index contributed by atoms with van der Waals surface area (Å²) >= 11 is 0. The lowest BCUT2D eigenvalue weighted by Crippen LogP contribution is -2.47. The number of fused-ring (bicyclic) bond motifs is 1. The smallest absolute Gasteiger partial charge is 0.231 e. The topological polar surface area (TPSA) is 42.0 Å². The summed E-state index contributed by atoms with van der Waals surface area (Å²) in [7, 11) is 2.12. The first-order chi connectivity index (χ1) is 13.7. The average Bonchev–Trinajstić information content (AvgIpc) is 3.17. The molecule has 0 N–H and O–H groups in total. The minimum Gasteiger partial charge on any atom is -0.454 e. The van der Waals surface area contributed by atoms with Crippen LogP contribution >= 0.6 is 0 Å². The van der Waals surface area contributed by atoms with Crippen LogP contribution in [0.15, 0.2) is 18.2 Å². The summed E-state index contributed by atoms with van der Waals surface area (Å²) in [4.78, 5) is 16.5. The lowest BCUT2D eigenvalue weighted by molar-refractivity contribution is -0.132. The van der Waals surface area contributed by atoms with Crippen LogP contribution in [0, 0.1) is 0 Å². The van der Waals surface area contributed by atoms with E-state index in [9.17, 15) is 4.79 Å². The molecule has 156 valence electrons. The van der Waals surface area contributed by atoms with Crippen LogP contribution in [0.3, 0.4) is 0 Å². The number of piperazine rings is 1. The van der Waals surface area contributed by atoms with Gasteiger partial charge in [0.1, 0.15) is 0 Å². The van der Waals surface area contributed by atoms with E-state index in [0.717, 1.165) is 56.9 Å². The van der Waals surface area contributed by atoms with E-state index in [1.54, 1.807) is 0 Å². The Morgan fingerprint density at radius 3 is 2.25 bits per heavy atom. The number of rotatable bonds is 11. The maximum absolute atomic E-state index is 12.2. The molecule has 0 bridgehead atoms. The van der Waals surface area contributed by atoms with Crippen LogP contribution in [0.25, 0.3) is 0 Å². The zero-order valence-corrected chi connectivity index (χ0v) is 17.5. The van der Waals surface area contributed by atoms with E-state index >= 15 is 0 Å². The van der Waals surface area contributed by atoms with Crippen LogP contribution in [-0.4, -0.2) is 55.7 Å². The van der Waals surface area contributed by atoms with E-state index in [1.807, 2.05) is 11.0 Å². The fraction of sp³-hybridized carbons (Fsp3) is 0.696. The van der Waals surface area contributed by atoms with Gasteiger partial charge in [0, 0.05) is 32.6 Å². The molecular formula is C23H36N2O3. The van der Waals surface area contributed by atoms with Crippen molar-refractivity contribution >= 4 is 5.91 Å². The molecule has 2 aliphatic heterocycles. The number of unbranched alkanes of at least 4 members (excludes halogenated alkanes) is 7. The number of hydrogen-bond donors (Lipinski definition) is 0. The largest absolute Gasteiger partial charge is 0.454 e. The normalized spacial score (nSPS) is 16.5. The SMILES string of the molecule is CN1CCN(C(=O)CCCCCCCCCCc2ccc3c(c2)OCO3)CC1. The molecule has 0 atom stereocenters. The maximum Gasteiger partial charge on any atom is 0.231 e. The molecule has 5 heteroatoms. The Kier molecular flexibility index (Phi) is 8.46. The van der Waals surface area contributed by atoms with Crippen LogP contribution in [0.5, 0.6) is 11.5 Å². The zero-order valence-electron chi connectivity index (χ0n) is 17.5. The third-order valence-corrected chi connectivity index (χ3v) is 5.90. The van der Waals surface area contributed by atoms with Gasteiger partial charge in [-0.1, -0.05) is 44.6 Å². The van der Waals surface area contributed by atoms with Crippen LogP contribution in [-0.2, 0) is 11.2 Å². The third-order valence-electron chi connectivity index (χ3n) is 5.90. The highest BCUT2D eigenvalue weighted by Crippen LogP contribution is 2.32. The molecule has 1 saturated heterocycles. The number of hydrogen-bond acceptors (Lipinski definition) is 4. The van der Waals surface area contributed by atoms with Crippen molar-refractivity contribution < 1.29 is 14.3 Å². The van der Waals surface area contributed by atoms with Crippen molar-refractivity contribution in [2.75, 3.05) is 40.0 Å². The van der Waals surface area contributed by atoms with Crippen molar-refractivity contribution in [1.29, 1.82) is 0 Å². The van der Waals surface area contributed by atoms with Gasteiger partial charge < -0.3 is 19.3 Å². The summed E-state index contributed by atoms with van der Waals surface area (Å²) < 4.78 is 10.8. The maximum atomic E-state index is 12.2. The number of benzene rings is 1. The molecule has 3 rings (SSSR count). The molecule has 0 unspecified atom stereocenters. The summed E-state index contributed by atoms with van der Waals surface area (Å²) in [6.07, 6.45) is 11.8. The lowest BCUT2D eigenvalue weighted by Gasteiger charge is -2.32. The first kappa shape index (κ1) is 21.0. The Morgan fingerprint density at radius 1 is 0.857 bits per heavy atom. The Bertz CT molecular complexity index is 612. The molecule has 28 heavy (non-hydrogen) atoms. The van der Waals surface area contributed by atoms with E-state index < -0.39 is 0 Å². The van der Waals surface area contributed by atoms with E-state index in [2.05, 4.69) is 24.1 Å². The third kappa shape index (κ3) is 6.69. The van der Waals surface area contributed by atoms with Crippen molar-refractivity contribution in [3.63, 3.8) is 0 Å². The quantitative estimate of drug-likeness (QED) is 0.532. The number of aryl methyl sites for hydroxylation is 1. The summed E-state index contributed by atoms with van der Waals surface area (Å²) in [5.41, 5.74) is 1.34. The predicted molar refractivity (Wildman–Crippen MR) is 112 cm³/mol. The minimum absolute atomic E-state index is 0.350. The number of amides is 1. The molecule has 5 nitrogen and oxygen atoms in total. The van der Waals surface area contributed by atoms with Gasteiger partial charge in [-0.25, -0.2) is 0 Å². The fourth-order valence-corrected chi connectivity index (χ4v) is 3.98. The Labute approximate surface area is 170 Å². The van der Waals surface area contributed by atoms with E-state index in [0.29, 0.717) is 12.7 Å². The van der Waals surface area contributed by atoms with Crippen molar-refractivity contribution in [3.05, 3.63) is 23.8 Å². The Balaban J connectivity index is 1.13. The molecule has 1 amide bonds. The predicted octanol–water partition coefficient (Wildman–Crippen LogP) is 4.24. The second-order valence-electron chi connectivity index (χ2n) is 8.20. The highest BCUT2D eigenvalue weighted by Gasteiger charge is 2.18. The van der Waals surface area contributed by atoms with Crippen LogP contribution in [0.2, 0.25) is 0 Å². The van der Waals surface area contributed by atoms with Gasteiger partial charge in [-0.2, -0.15) is 0 Å². The molecule has 2 aliphatic rings. The number of likely N-dealkylation sites (N-methyl/N-ethyl adjacent to an activating group) is 1. The lowest BCUT2D eigenvalue weighted by atomic mass is 10.0. The van der Waals surface area contributed by atoms with Crippen molar-refractivity contribution in [2.45, 2.75) is 64.2 Å². The molecule has 1 fully saturated rings. The highest BCUT2D eigenvalue weighted by molar-refractivity contribution is 5.76.